The molecule has 2 aromatic rings. The molecule has 0 aliphatic carbocycles. The molecule has 1 heterocycles. The van der Waals surface area contributed by atoms with Crippen LogP contribution in [0, 0.1) is 0 Å². The smallest absolute Gasteiger partial charge is 0.227 e. The summed E-state index contributed by atoms with van der Waals surface area (Å²) in [5, 5.41) is 7.56. The Morgan fingerprint density at radius 2 is 1.90 bits per heavy atom. The molecule has 156 valence electrons. The lowest BCUT2D eigenvalue weighted by Gasteiger charge is -2.14. The first-order chi connectivity index (χ1) is 13.8. The van der Waals surface area contributed by atoms with Gasteiger partial charge in [-0.05, 0) is 41.8 Å². The summed E-state index contributed by atoms with van der Waals surface area (Å²) in [5.41, 5.74) is 0.890. The van der Waals surface area contributed by atoms with Gasteiger partial charge in [-0.2, -0.15) is 0 Å². The molecule has 2 amide bonds. The predicted molar refractivity (Wildman–Crippen MR) is 112 cm³/mol. The fraction of sp³-hybridized carbons (Fsp3) is 0.429. The van der Waals surface area contributed by atoms with Crippen molar-refractivity contribution in [3.05, 3.63) is 42.0 Å². The zero-order chi connectivity index (χ0) is 21.0. The molecule has 1 saturated heterocycles. The molecule has 1 fully saturated rings. The lowest BCUT2D eigenvalue weighted by Crippen LogP contribution is -2.38. The highest BCUT2D eigenvalue weighted by atomic mass is 32.2. The summed E-state index contributed by atoms with van der Waals surface area (Å²) in [4.78, 5) is 24.4. The van der Waals surface area contributed by atoms with E-state index in [0.717, 1.165) is 22.1 Å². The number of ether oxygens (including phenoxy) is 1. The molecule has 0 aromatic heterocycles. The van der Waals surface area contributed by atoms with Crippen LogP contribution in [0.5, 0.6) is 5.75 Å². The van der Waals surface area contributed by atoms with Crippen LogP contribution in [0.3, 0.4) is 0 Å². The van der Waals surface area contributed by atoms with E-state index in [0.29, 0.717) is 6.42 Å². The van der Waals surface area contributed by atoms with Crippen LogP contribution in [0.4, 0.5) is 0 Å². The molecular formula is C21H26N2O5S. The third-order valence-corrected chi connectivity index (χ3v) is 6.98. The molecule has 2 atom stereocenters. The van der Waals surface area contributed by atoms with Crippen molar-refractivity contribution in [1.29, 1.82) is 0 Å². The van der Waals surface area contributed by atoms with E-state index in [1.165, 1.54) is 0 Å². The first-order valence-electron chi connectivity index (χ1n) is 9.62. The van der Waals surface area contributed by atoms with Crippen LogP contribution >= 0.6 is 0 Å². The highest BCUT2D eigenvalue weighted by Gasteiger charge is 2.28. The fourth-order valence-electron chi connectivity index (χ4n) is 3.45. The van der Waals surface area contributed by atoms with E-state index >= 15 is 0 Å². The average Bonchev–Trinajstić information content (AvgIpc) is 3.04. The van der Waals surface area contributed by atoms with Crippen molar-refractivity contribution in [1.82, 2.24) is 10.6 Å². The number of carbonyl (C=O) groups excluding carboxylic acids is 2. The molecular weight excluding hydrogens is 392 g/mol. The van der Waals surface area contributed by atoms with Gasteiger partial charge in [0.2, 0.25) is 11.8 Å². The quantitative estimate of drug-likeness (QED) is 0.714. The number of methoxy groups -OCH3 is 1. The number of benzene rings is 2. The molecule has 2 aromatic carbocycles. The largest absolute Gasteiger partial charge is 0.497 e. The van der Waals surface area contributed by atoms with E-state index < -0.39 is 9.84 Å². The van der Waals surface area contributed by atoms with Gasteiger partial charge in [-0.3, -0.25) is 9.59 Å². The molecule has 8 heteroatoms. The molecule has 0 spiro atoms. The zero-order valence-electron chi connectivity index (χ0n) is 16.6. The van der Waals surface area contributed by atoms with E-state index in [1.54, 1.807) is 7.11 Å². The zero-order valence-corrected chi connectivity index (χ0v) is 17.4. The molecule has 2 N–H and O–H groups in total. The monoisotopic (exact) mass is 418 g/mol. The Bertz CT molecular complexity index is 1020. The van der Waals surface area contributed by atoms with Crippen molar-refractivity contribution in [2.75, 3.05) is 25.2 Å². The Labute approximate surface area is 170 Å². The molecule has 3 rings (SSSR count). The van der Waals surface area contributed by atoms with Gasteiger partial charge in [-0.15, -0.1) is 0 Å². The van der Waals surface area contributed by atoms with Crippen LogP contribution in [0.1, 0.15) is 31.2 Å². The third-order valence-electron chi connectivity index (χ3n) is 5.21. The molecule has 1 aliphatic heterocycles. The van der Waals surface area contributed by atoms with Crippen molar-refractivity contribution in [2.45, 2.75) is 31.7 Å². The minimum atomic E-state index is -3.03. The van der Waals surface area contributed by atoms with Crippen molar-refractivity contribution in [3.8, 4) is 5.75 Å². The predicted octanol–water partition coefficient (Wildman–Crippen LogP) is 1.76. The average molecular weight is 419 g/mol. The normalized spacial score (nSPS) is 18.9. The van der Waals surface area contributed by atoms with Gasteiger partial charge < -0.3 is 15.4 Å². The van der Waals surface area contributed by atoms with Gasteiger partial charge in [-0.1, -0.05) is 24.3 Å². The maximum absolute atomic E-state index is 12.4. The summed E-state index contributed by atoms with van der Waals surface area (Å²) in [6.07, 6.45) is 0.567. The van der Waals surface area contributed by atoms with Crippen LogP contribution in [-0.4, -0.2) is 51.4 Å². The third kappa shape index (κ3) is 5.47. The van der Waals surface area contributed by atoms with Crippen molar-refractivity contribution in [2.24, 2.45) is 0 Å². The Morgan fingerprint density at radius 1 is 1.17 bits per heavy atom. The van der Waals surface area contributed by atoms with E-state index in [-0.39, 0.29) is 48.2 Å². The fourth-order valence-corrected chi connectivity index (χ4v) is 5.12. The molecule has 0 unspecified atom stereocenters. The SMILES string of the molecule is COc1ccc2cc([C@H](C)C(=O)NCCC(=O)N[C@@H]3CCS(=O)(=O)C3)ccc2c1. The second kappa shape index (κ2) is 8.82. The highest BCUT2D eigenvalue weighted by molar-refractivity contribution is 7.91. The number of amides is 2. The van der Waals surface area contributed by atoms with Crippen LogP contribution in [0.25, 0.3) is 10.8 Å². The Kier molecular flexibility index (Phi) is 6.42. The minimum Gasteiger partial charge on any atom is -0.497 e. The Morgan fingerprint density at radius 3 is 2.59 bits per heavy atom. The molecule has 29 heavy (non-hydrogen) atoms. The molecule has 1 aliphatic rings. The van der Waals surface area contributed by atoms with Crippen molar-refractivity contribution in [3.63, 3.8) is 0 Å². The van der Waals surface area contributed by atoms with E-state index in [4.69, 9.17) is 4.74 Å². The Hall–Kier alpha value is -2.61. The number of hydrogen-bond acceptors (Lipinski definition) is 5. The topological polar surface area (TPSA) is 102 Å². The van der Waals surface area contributed by atoms with Gasteiger partial charge in [0.05, 0.1) is 24.5 Å². The second-order valence-corrected chi connectivity index (χ2v) is 9.63. The van der Waals surface area contributed by atoms with Crippen molar-refractivity contribution < 1.29 is 22.7 Å². The van der Waals surface area contributed by atoms with Gasteiger partial charge in [-0.25, -0.2) is 8.42 Å². The van der Waals surface area contributed by atoms with E-state index in [1.807, 2.05) is 43.3 Å². The number of carbonyl (C=O) groups is 2. The first-order valence-corrected chi connectivity index (χ1v) is 11.4. The van der Waals surface area contributed by atoms with E-state index in [2.05, 4.69) is 10.6 Å². The van der Waals surface area contributed by atoms with Crippen molar-refractivity contribution >= 4 is 32.4 Å². The molecule has 0 saturated carbocycles. The van der Waals surface area contributed by atoms with Gasteiger partial charge >= 0.3 is 0 Å². The minimum absolute atomic E-state index is 0.00400. The van der Waals surface area contributed by atoms with Crippen LogP contribution in [0.2, 0.25) is 0 Å². The summed E-state index contributed by atoms with van der Waals surface area (Å²) in [7, 11) is -1.41. The summed E-state index contributed by atoms with van der Waals surface area (Å²) >= 11 is 0. The number of fused-ring (bicyclic) bond motifs is 1. The summed E-state index contributed by atoms with van der Waals surface area (Å²) < 4.78 is 28.1. The molecule has 0 radical (unpaired) electrons. The summed E-state index contributed by atoms with van der Waals surface area (Å²) in [6, 6.07) is 11.3. The number of hydrogen-bond donors (Lipinski definition) is 2. The number of rotatable bonds is 7. The van der Waals surface area contributed by atoms with Gasteiger partial charge in [0.1, 0.15) is 5.75 Å². The van der Waals surface area contributed by atoms with Crippen LogP contribution in [0.15, 0.2) is 36.4 Å². The molecule has 0 bridgehead atoms. The van der Waals surface area contributed by atoms with Crippen LogP contribution in [-0.2, 0) is 19.4 Å². The van der Waals surface area contributed by atoms with Gasteiger partial charge in [0.25, 0.3) is 0 Å². The second-order valence-electron chi connectivity index (χ2n) is 7.40. The molecule has 7 nitrogen and oxygen atoms in total. The van der Waals surface area contributed by atoms with Gasteiger partial charge in [0.15, 0.2) is 9.84 Å². The van der Waals surface area contributed by atoms with Gasteiger partial charge in [0, 0.05) is 19.0 Å². The maximum atomic E-state index is 12.4. The summed E-state index contributed by atoms with van der Waals surface area (Å²) in [5.74, 6) is 0.128. The lowest BCUT2D eigenvalue weighted by atomic mass is 9.97. The highest BCUT2D eigenvalue weighted by Crippen LogP contribution is 2.25. The Balaban J connectivity index is 1.50. The lowest BCUT2D eigenvalue weighted by molar-refractivity contribution is -0.123. The summed E-state index contributed by atoms with van der Waals surface area (Å²) in [6.45, 7) is 2.03. The number of nitrogens with one attached hydrogen (secondary N) is 2. The van der Waals surface area contributed by atoms with E-state index in [9.17, 15) is 18.0 Å². The number of sulfone groups is 1. The maximum Gasteiger partial charge on any atom is 0.227 e. The van der Waals surface area contributed by atoms with Crippen LogP contribution < -0.4 is 15.4 Å². The standard InChI is InChI=1S/C21H26N2O5S/c1-14(15-3-4-17-12-19(28-2)6-5-16(17)11-15)21(25)22-9-7-20(24)23-18-8-10-29(26,27)13-18/h3-6,11-12,14,18H,7-10,13H2,1-2H3,(H,22,25)(H,23,24)/t14-,18+/m0/s1. The first kappa shape index (κ1) is 21.1.